The van der Waals surface area contributed by atoms with Crippen LogP contribution < -0.4 is 0 Å². The molecule has 0 fully saturated rings. The van der Waals surface area contributed by atoms with Crippen molar-refractivity contribution in [2.24, 2.45) is 11.1 Å². The number of carbonyl (C=O) groups is 1. The van der Waals surface area contributed by atoms with Gasteiger partial charge in [-0.05, 0) is 30.6 Å². The van der Waals surface area contributed by atoms with Crippen molar-refractivity contribution >= 4 is 34.9 Å². The van der Waals surface area contributed by atoms with E-state index in [1.165, 1.54) is 5.54 Å². The zero-order chi connectivity index (χ0) is 17.2. The minimum atomic E-state index is -0.0375. The number of thioether (sulfide) groups is 1. The van der Waals surface area contributed by atoms with Crippen LogP contribution in [0.4, 0.5) is 0 Å². The highest BCUT2D eigenvalue weighted by Gasteiger charge is 2.31. The second-order valence-corrected chi connectivity index (χ2v) is 7.54. The van der Waals surface area contributed by atoms with Gasteiger partial charge in [0.15, 0.2) is 5.78 Å². The third-order valence-electron chi connectivity index (χ3n) is 3.70. The van der Waals surface area contributed by atoms with Crippen LogP contribution in [0.1, 0.15) is 46.5 Å². The highest BCUT2D eigenvalue weighted by Crippen LogP contribution is 2.32. The second kappa shape index (κ2) is 10.8. The van der Waals surface area contributed by atoms with Crippen molar-refractivity contribution in [2.75, 3.05) is 12.4 Å². The predicted octanol–water partition coefficient (Wildman–Crippen LogP) is 4.84. The SMILES string of the molecule is CCS[C@H](C)C[C@@H]1CC(=O)C(/C(CC)=N\OC/C=C\Cl)=C(O)C1. The Morgan fingerprint density at radius 3 is 2.83 bits per heavy atom. The van der Waals surface area contributed by atoms with Gasteiger partial charge < -0.3 is 9.94 Å². The van der Waals surface area contributed by atoms with Crippen LogP contribution in [0.15, 0.2) is 28.1 Å². The van der Waals surface area contributed by atoms with Crippen molar-refractivity contribution in [1.29, 1.82) is 0 Å². The molecule has 1 rings (SSSR count). The van der Waals surface area contributed by atoms with Crippen molar-refractivity contribution in [3.63, 3.8) is 0 Å². The van der Waals surface area contributed by atoms with E-state index in [0.717, 1.165) is 12.2 Å². The zero-order valence-electron chi connectivity index (χ0n) is 14.0. The molecule has 0 spiro atoms. The minimum absolute atomic E-state index is 0.0375. The Hall–Kier alpha value is -0.940. The summed E-state index contributed by atoms with van der Waals surface area (Å²) in [5, 5.41) is 14.8. The molecule has 0 aromatic carbocycles. The Labute approximate surface area is 148 Å². The number of hydrogen-bond donors (Lipinski definition) is 1. The molecule has 0 aliphatic heterocycles. The molecule has 1 aliphatic rings. The number of oxime groups is 1. The lowest BCUT2D eigenvalue weighted by atomic mass is 9.82. The lowest BCUT2D eigenvalue weighted by Gasteiger charge is -2.25. The highest BCUT2D eigenvalue weighted by atomic mass is 35.5. The molecule has 2 atom stereocenters. The number of ketones is 1. The van der Waals surface area contributed by atoms with Crippen molar-refractivity contribution in [3.8, 4) is 0 Å². The van der Waals surface area contributed by atoms with Crippen LogP contribution in [-0.2, 0) is 9.63 Å². The minimum Gasteiger partial charge on any atom is -0.511 e. The molecule has 4 nitrogen and oxygen atoms in total. The Morgan fingerprint density at radius 2 is 2.26 bits per heavy atom. The van der Waals surface area contributed by atoms with Crippen molar-refractivity contribution in [1.82, 2.24) is 0 Å². The van der Waals surface area contributed by atoms with Gasteiger partial charge in [-0.3, -0.25) is 4.79 Å². The first-order valence-corrected chi connectivity index (χ1v) is 9.53. The first kappa shape index (κ1) is 20.1. The van der Waals surface area contributed by atoms with Gasteiger partial charge in [-0.2, -0.15) is 11.8 Å². The molecule has 0 aromatic heterocycles. The average Bonchev–Trinajstić information content (AvgIpc) is 2.49. The Kier molecular flexibility index (Phi) is 9.41. The van der Waals surface area contributed by atoms with E-state index in [1.54, 1.807) is 6.08 Å². The van der Waals surface area contributed by atoms with Crippen LogP contribution >= 0.6 is 23.4 Å². The standard InChI is InChI=1S/C17H26ClNO3S/c1-4-14(19-22-8-6-7-18)17-15(20)10-13(11-16(17)21)9-12(3)23-5-2/h6-7,12-13,20H,4-5,8-11H2,1-3H3/b7-6-,19-14-/t12-,13+/m1/s1. The highest BCUT2D eigenvalue weighted by molar-refractivity contribution is 7.99. The van der Waals surface area contributed by atoms with Crippen molar-refractivity contribution < 1.29 is 14.7 Å². The summed E-state index contributed by atoms with van der Waals surface area (Å²) in [4.78, 5) is 17.6. The van der Waals surface area contributed by atoms with Crippen LogP contribution in [0.2, 0.25) is 0 Å². The molecule has 0 bridgehead atoms. The quantitative estimate of drug-likeness (QED) is 0.363. The molecule has 1 aliphatic carbocycles. The summed E-state index contributed by atoms with van der Waals surface area (Å²) in [5.41, 5.74) is 2.20. The van der Waals surface area contributed by atoms with Gasteiger partial charge in [0.1, 0.15) is 12.4 Å². The van der Waals surface area contributed by atoms with Crippen LogP contribution in [-0.4, -0.2) is 34.2 Å². The summed E-state index contributed by atoms with van der Waals surface area (Å²) < 4.78 is 0. The predicted molar refractivity (Wildman–Crippen MR) is 98.3 cm³/mol. The van der Waals surface area contributed by atoms with E-state index in [2.05, 4.69) is 19.0 Å². The maximum absolute atomic E-state index is 12.4. The van der Waals surface area contributed by atoms with Gasteiger partial charge in [0.05, 0.1) is 11.3 Å². The number of carbonyl (C=O) groups excluding carboxylic acids is 1. The lowest BCUT2D eigenvalue weighted by molar-refractivity contribution is -0.116. The third kappa shape index (κ3) is 6.60. The Morgan fingerprint density at radius 1 is 1.52 bits per heavy atom. The fourth-order valence-electron chi connectivity index (χ4n) is 2.77. The van der Waals surface area contributed by atoms with Gasteiger partial charge in [0.2, 0.25) is 0 Å². The molecule has 23 heavy (non-hydrogen) atoms. The smallest absolute Gasteiger partial charge is 0.168 e. The summed E-state index contributed by atoms with van der Waals surface area (Å²) in [7, 11) is 0. The third-order valence-corrected chi connectivity index (χ3v) is 4.97. The number of nitrogens with zero attached hydrogens (tertiary/aromatic N) is 1. The van der Waals surface area contributed by atoms with Crippen LogP contribution in [0.3, 0.4) is 0 Å². The van der Waals surface area contributed by atoms with E-state index in [1.807, 2.05) is 18.7 Å². The lowest BCUT2D eigenvalue weighted by Crippen LogP contribution is -2.26. The number of Topliss-reactive ketones (excluding diaryl/α,β-unsaturated/α-hetero) is 1. The van der Waals surface area contributed by atoms with Gasteiger partial charge in [-0.1, -0.05) is 37.5 Å². The first-order chi connectivity index (χ1) is 11.0. The van der Waals surface area contributed by atoms with Crippen LogP contribution in [0.25, 0.3) is 0 Å². The Bertz CT molecular complexity index is 488. The summed E-state index contributed by atoms with van der Waals surface area (Å²) in [6.07, 6.45) is 4.09. The van der Waals surface area contributed by atoms with Gasteiger partial charge >= 0.3 is 0 Å². The molecule has 130 valence electrons. The molecule has 1 N–H and O–H groups in total. The number of hydrogen-bond acceptors (Lipinski definition) is 5. The first-order valence-electron chi connectivity index (χ1n) is 8.04. The van der Waals surface area contributed by atoms with E-state index in [0.29, 0.717) is 35.8 Å². The van der Waals surface area contributed by atoms with Gasteiger partial charge in [0, 0.05) is 23.6 Å². The second-order valence-electron chi connectivity index (χ2n) is 5.57. The maximum atomic E-state index is 12.4. The number of allylic oxidation sites excluding steroid dienone is 2. The van der Waals surface area contributed by atoms with Gasteiger partial charge in [-0.25, -0.2) is 0 Å². The number of aliphatic hydroxyl groups excluding tert-OH is 1. The largest absolute Gasteiger partial charge is 0.511 e. The molecule has 0 saturated carbocycles. The van der Waals surface area contributed by atoms with E-state index >= 15 is 0 Å². The maximum Gasteiger partial charge on any atom is 0.168 e. The summed E-state index contributed by atoms with van der Waals surface area (Å²) in [5.74, 6) is 1.38. The Balaban J connectivity index is 2.79. The van der Waals surface area contributed by atoms with E-state index < -0.39 is 0 Å². The molecule has 0 heterocycles. The molecular weight excluding hydrogens is 334 g/mol. The van der Waals surface area contributed by atoms with Gasteiger partial charge in [-0.15, -0.1) is 0 Å². The van der Waals surface area contributed by atoms with Crippen LogP contribution in [0, 0.1) is 5.92 Å². The van der Waals surface area contributed by atoms with E-state index in [4.69, 9.17) is 16.4 Å². The summed E-state index contributed by atoms with van der Waals surface area (Å²) >= 11 is 7.30. The number of aliphatic hydroxyl groups is 1. The summed E-state index contributed by atoms with van der Waals surface area (Å²) in [6, 6.07) is 0. The number of rotatable bonds is 9. The van der Waals surface area contributed by atoms with E-state index in [-0.39, 0.29) is 24.1 Å². The topological polar surface area (TPSA) is 58.9 Å². The van der Waals surface area contributed by atoms with Crippen LogP contribution in [0.5, 0.6) is 0 Å². The van der Waals surface area contributed by atoms with Gasteiger partial charge in [0.25, 0.3) is 0 Å². The fourth-order valence-corrected chi connectivity index (χ4v) is 3.82. The molecule has 0 saturated heterocycles. The monoisotopic (exact) mass is 359 g/mol. The van der Waals surface area contributed by atoms with Crippen molar-refractivity contribution in [2.45, 2.75) is 51.7 Å². The molecule has 6 heteroatoms. The normalized spacial score (nSPS) is 21.1. The van der Waals surface area contributed by atoms with E-state index in [9.17, 15) is 9.90 Å². The molecule has 0 aromatic rings. The molecule has 0 radical (unpaired) electrons. The fraction of sp³-hybridized carbons (Fsp3) is 0.647. The summed E-state index contributed by atoms with van der Waals surface area (Å²) in [6.45, 7) is 6.43. The van der Waals surface area contributed by atoms with Crippen molar-refractivity contribution in [3.05, 3.63) is 22.9 Å². The average molecular weight is 360 g/mol. The molecular formula is C17H26ClNO3S. The molecule has 0 amide bonds. The molecule has 0 unspecified atom stereocenters. The zero-order valence-corrected chi connectivity index (χ0v) is 15.6. The number of halogens is 1.